The van der Waals surface area contributed by atoms with Gasteiger partial charge < -0.3 is 5.32 Å². The first-order valence-corrected chi connectivity index (χ1v) is 6.74. The van der Waals surface area contributed by atoms with Crippen LogP contribution in [0.4, 0.5) is 18.9 Å². The lowest BCUT2D eigenvalue weighted by molar-refractivity contribution is -0.184. The number of anilines is 1. The number of hydrogen-bond donors (Lipinski definition) is 1. The van der Waals surface area contributed by atoms with E-state index in [1.54, 1.807) is 12.1 Å². The van der Waals surface area contributed by atoms with Crippen molar-refractivity contribution < 1.29 is 18.0 Å². The third kappa shape index (κ3) is 3.62. The van der Waals surface area contributed by atoms with Gasteiger partial charge in [-0.25, -0.2) is 4.98 Å². The third-order valence-corrected chi connectivity index (χ3v) is 3.88. The van der Waals surface area contributed by atoms with Crippen molar-refractivity contribution in [2.24, 2.45) is 11.8 Å². The summed E-state index contributed by atoms with van der Waals surface area (Å²) in [5, 5.41) is 2.79. The molecule has 3 nitrogen and oxygen atoms in total. The van der Waals surface area contributed by atoms with E-state index < -0.39 is 18.0 Å². The number of carbonyl (C=O) groups excluding carboxylic acids is 1. The van der Waals surface area contributed by atoms with Crippen LogP contribution in [0.3, 0.4) is 0 Å². The van der Waals surface area contributed by atoms with Crippen molar-refractivity contribution >= 4 is 23.2 Å². The van der Waals surface area contributed by atoms with Crippen molar-refractivity contribution in [1.29, 1.82) is 0 Å². The number of alkyl halides is 3. The minimum Gasteiger partial charge on any atom is -0.323 e. The second kappa shape index (κ2) is 5.99. The number of nitrogens with one attached hydrogen (secondary N) is 1. The summed E-state index contributed by atoms with van der Waals surface area (Å²) in [6.07, 6.45) is -2.17. The molecule has 7 heteroatoms. The quantitative estimate of drug-likeness (QED) is 0.838. The number of rotatable bonds is 2. The van der Waals surface area contributed by atoms with Crippen LogP contribution < -0.4 is 5.32 Å². The van der Waals surface area contributed by atoms with Gasteiger partial charge in [0.1, 0.15) is 0 Å². The van der Waals surface area contributed by atoms with Crippen LogP contribution in [-0.4, -0.2) is 17.1 Å². The maximum atomic E-state index is 12.5. The number of aromatic nitrogens is 1. The lowest BCUT2D eigenvalue weighted by Gasteiger charge is -2.29. The zero-order valence-electron chi connectivity index (χ0n) is 10.6. The molecule has 1 aliphatic carbocycles. The van der Waals surface area contributed by atoms with Crippen molar-refractivity contribution in [3.63, 3.8) is 0 Å². The Bertz CT molecular complexity index is 485. The van der Waals surface area contributed by atoms with Gasteiger partial charge in [-0.1, -0.05) is 11.6 Å². The predicted octanol–water partition coefficient (Wildman–Crippen LogP) is 4.04. The maximum Gasteiger partial charge on any atom is 0.391 e. The van der Waals surface area contributed by atoms with Gasteiger partial charge >= 0.3 is 6.18 Å². The Morgan fingerprint density at radius 2 is 1.95 bits per heavy atom. The third-order valence-electron chi connectivity index (χ3n) is 3.58. The van der Waals surface area contributed by atoms with Crippen molar-refractivity contribution in [3.8, 4) is 0 Å². The highest BCUT2D eigenvalue weighted by molar-refractivity contribution is 6.32. The standard InChI is InChI=1S/C13H14ClF3N2O/c14-11-10(2-1-7-18-11)19-12(20)8-3-5-9(6-4-8)13(15,16)17/h1-2,7-9H,3-6H2,(H,19,20). The summed E-state index contributed by atoms with van der Waals surface area (Å²) in [4.78, 5) is 15.8. The van der Waals surface area contributed by atoms with E-state index in [1.165, 1.54) is 6.20 Å². The van der Waals surface area contributed by atoms with E-state index in [1.807, 2.05) is 0 Å². The molecule has 2 rings (SSSR count). The van der Waals surface area contributed by atoms with Crippen LogP contribution in [-0.2, 0) is 4.79 Å². The molecule has 1 aliphatic rings. The normalized spacial score (nSPS) is 23.4. The second-order valence-electron chi connectivity index (χ2n) is 4.92. The van der Waals surface area contributed by atoms with Gasteiger partial charge in [-0.2, -0.15) is 13.2 Å². The highest BCUT2D eigenvalue weighted by atomic mass is 35.5. The van der Waals surface area contributed by atoms with E-state index in [4.69, 9.17) is 11.6 Å². The first-order valence-electron chi connectivity index (χ1n) is 6.36. The number of halogens is 4. The lowest BCUT2D eigenvalue weighted by atomic mass is 9.81. The van der Waals surface area contributed by atoms with E-state index in [0.29, 0.717) is 5.69 Å². The summed E-state index contributed by atoms with van der Waals surface area (Å²) in [6.45, 7) is 0. The molecule has 0 bridgehead atoms. The summed E-state index contributed by atoms with van der Waals surface area (Å²) in [6, 6.07) is 3.23. The molecule has 1 N–H and O–H groups in total. The van der Waals surface area contributed by atoms with Gasteiger partial charge in [-0.3, -0.25) is 4.79 Å². The monoisotopic (exact) mass is 306 g/mol. The molecular formula is C13H14ClF3N2O. The predicted molar refractivity (Wildman–Crippen MR) is 69.4 cm³/mol. The average molecular weight is 307 g/mol. The molecule has 110 valence electrons. The molecule has 0 unspecified atom stereocenters. The van der Waals surface area contributed by atoms with Gasteiger partial charge in [0.15, 0.2) is 5.15 Å². The van der Waals surface area contributed by atoms with Crippen molar-refractivity contribution in [2.45, 2.75) is 31.9 Å². The zero-order valence-corrected chi connectivity index (χ0v) is 11.3. The van der Waals surface area contributed by atoms with E-state index in [0.717, 1.165) is 0 Å². The van der Waals surface area contributed by atoms with Crippen LogP contribution in [0.5, 0.6) is 0 Å². The molecular weight excluding hydrogens is 293 g/mol. The van der Waals surface area contributed by atoms with Crippen molar-refractivity contribution in [2.75, 3.05) is 5.32 Å². The first kappa shape index (κ1) is 15.1. The molecule has 0 saturated heterocycles. The summed E-state index contributed by atoms with van der Waals surface area (Å²) in [7, 11) is 0. The number of amides is 1. The lowest BCUT2D eigenvalue weighted by Crippen LogP contribution is -2.32. The van der Waals surface area contributed by atoms with Gasteiger partial charge in [0, 0.05) is 12.1 Å². The van der Waals surface area contributed by atoms with E-state index in [9.17, 15) is 18.0 Å². The Hall–Kier alpha value is -1.30. The molecule has 0 radical (unpaired) electrons. The highest BCUT2D eigenvalue weighted by Gasteiger charge is 2.42. The number of pyridine rings is 1. The van der Waals surface area contributed by atoms with E-state index >= 15 is 0 Å². The summed E-state index contributed by atoms with van der Waals surface area (Å²) < 4.78 is 37.6. The highest BCUT2D eigenvalue weighted by Crippen LogP contribution is 2.39. The molecule has 1 fully saturated rings. The smallest absolute Gasteiger partial charge is 0.323 e. The van der Waals surface area contributed by atoms with Crippen LogP contribution in [0.2, 0.25) is 5.15 Å². The van der Waals surface area contributed by atoms with Crippen LogP contribution in [0.25, 0.3) is 0 Å². The zero-order chi connectivity index (χ0) is 14.8. The molecule has 0 aliphatic heterocycles. The topological polar surface area (TPSA) is 42.0 Å². The van der Waals surface area contributed by atoms with Gasteiger partial charge in [0.2, 0.25) is 5.91 Å². The molecule has 1 aromatic heterocycles. The molecule has 1 amide bonds. The molecule has 1 heterocycles. The van der Waals surface area contributed by atoms with Gasteiger partial charge in [0.05, 0.1) is 11.6 Å². The molecule has 1 saturated carbocycles. The molecule has 1 aromatic rings. The molecule has 0 spiro atoms. The number of hydrogen-bond acceptors (Lipinski definition) is 2. The average Bonchev–Trinajstić information content (AvgIpc) is 2.40. The number of nitrogens with zero attached hydrogens (tertiary/aromatic N) is 1. The molecule has 0 atom stereocenters. The Labute approximate surface area is 119 Å². The Kier molecular flexibility index (Phi) is 4.52. The Morgan fingerprint density at radius 1 is 1.30 bits per heavy atom. The number of carbonyl (C=O) groups is 1. The van der Waals surface area contributed by atoms with E-state index in [2.05, 4.69) is 10.3 Å². The van der Waals surface area contributed by atoms with Gasteiger partial charge in [-0.05, 0) is 37.8 Å². The minimum absolute atomic E-state index is 0.00234. The fraction of sp³-hybridized carbons (Fsp3) is 0.538. The minimum atomic E-state index is -4.16. The molecule has 0 aromatic carbocycles. The maximum absolute atomic E-state index is 12.5. The largest absolute Gasteiger partial charge is 0.391 e. The van der Waals surface area contributed by atoms with Gasteiger partial charge in [0.25, 0.3) is 0 Å². The summed E-state index contributed by atoms with van der Waals surface area (Å²) in [5.74, 6) is -1.97. The van der Waals surface area contributed by atoms with Crippen LogP contribution in [0.15, 0.2) is 18.3 Å². The van der Waals surface area contributed by atoms with Gasteiger partial charge in [-0.15, -0.1) is 0 Å². The fourth-order valence-electron chi connectivity index (χ4n) is 2.40. The van der Waals surface area contributed by atoms with E-state index in [-0.39, 0.29) is 36.7 Å². The fourth-order valence-corrected chi connectivity index (χ4v) is 2.56. The SMILES string of the molecule is O=C(Nc1cccnc1Cl)C1CCC(C(F)(F)F)CC1. The van der Waals surface area contributed by atoms with Crippen LogP contribution in [0.1, 0.15) is 25.7 Å². The van der Waals surface area contributed by atoms with Crippen LogP contribution >= 0.6 is 11.6 Å². The summed E-state index contributed by atoms with van der Waals surface area (Å²) >= 11 is 5.82. The van der Waals surface area contributed by atoms with Crippen molar-refractivity contribution in [1.82, 2.24) is 4.98 Å². The Morgan fingerprint density at radius 3 is 2.50 bits per heavy atom. The molecule has 20 heavy (non-hydrogen) atoms. The first-order chi connectivity index (χ1) is 9.38. The van der Waals surface area contributed by atoms with Crippen molar-refractivity contribution in [3.05, 3.63) is 23.5 Å². The Balaban J connectivity index is 1.91. The summed E-state index contributed by atoms with van der Waals surface area (Å²) in [5.41, 5.74) is 0.386. The van der Waals surface area contributed by atoms with Crippen LogP contribution in [0, 0.1) is 11.8 Å². The second-order valence-corrected chi connectivity index (χ2v) is 5.28.